The van der Waals surface area contributed by atoms with Crippen molar-refractivity contribution < 1.29 is 17.9 Å². The fraction of sp³-hybridized carbons (Fsp3) is 0.458. The SMILES string of the molecule is COc1ccccc1CN(C)C(=O)[C@H]1CCCN(S(=O)(=O)CCCc2ccccc2)C1. The van der Waals surface area contributed by atoms with Crippen LogP contribution in [0.1, 0.15) is 30.4 Å². The maximum atomic E-state index is 13.0. The Bertz CT molecular complexity index is 963. The van der Waals surface area contributed by atoms with E-state index in [1.807, 2.05) is 54.6 Å². The molecule has 2 aromatic carbocycles. The molecule has 1 amide bonds. The Balaban J connectivity index is 1.56. The van der Waals surface area contributed by atoms with E-state index < -0.39 is 10.0 Å². The van der Waals surface area contributed by atoms with Crippen LogP contribution in [0, 0.1) is 5.92 Å². The molecule has 1 aliphatic heterocycles. The van der Waals surface area contributed by atoms with Crippen LogP contribution in [0.15, 0.2) is 54.6 Å². The van der Waals surface area contributed by atoms with Crippen molar-refractivity contribution in [1.82, 2.24) is 9.21 Å². The molecule has 0 aromatic heterocycles. The molecule has 2 aromatic rings. The van der Waals surface area contributed by atoms with Gasteiger partial charge in [0.1, 0.15) is 5.75 Å². The predicted molar refractivity (Wildman–Crippen MR) is 122 cm³/mol. The minimum absolute atomic E-state index is 0.0184. The number of aryl methyl sites for hydroxylation is 1. The van der Waals surface area contributed by atoms with E-state index >= 15 is 0 Å². The first-order chi connectivity index (χ1) is 14.9. The maximum absolute atomic E-state index is 13.0. The Labute approximate surface area is 185 Å². The summed E-state index contributed by atoms with van der Waals surface area (Å²) in [6.07, 6.45) is 2.73. The van der Waals surface area contributed by atoms with Gasteiger partial charge in [-0.05, 0) is 37.3 Å². The molecule has 0 N–H and O–H groups in total. The number of nitrogens with zero attached hydrogens (tertiary/aromatic N) is 2. The first-order valence-corrected chi connectivity index (χ1v) is 12.4. The van der Waals surface area contributed by atoms with E-state index in [1.54, 1.807) is 19.1 Å². The number of hydrogen-bond donors (Lipinski definition) is 0. The summed E-state index contributed by atoms with van der Waals surface area (Å²) in [6, 6.07) is 17.5. The Hall–Kier alpha value is -2.38. The minimum atomic E-state index is -3.37. The lowest BCUT2D eigenvalue weighted by Gasteiger charge is -2.33. The van der Waals surface area contributed by atoms with Crippen LogP contribution < -0.4 is 4.74 Å². The molecule has 1 aliphatic rings. The van der Waals surface area contributed by atoms with E-state index in [4.69, 9.17) is 4.74 Å². The summed E-state index contributed by atoms with van der Waals surface area (Å²) in [5.41, 5.74) is 2.07. The van der Waals surface area contributed by atoms with Gasteiger partial charge in [-0.1, -0.05) is 48.5 Å². The van der Waals surface area contributed by atoms with E-state index in [0.29, 0.717) is 32.4 Å². The van der Waals surface area contributed by atoms with Crippen LogP contribution >= 0.6 is 0 Å². The largest absolute Gasteiger partial charge is 0.496 e. The fourth-order valence-corrected chi connectivity index (χ4v) is 5.69. The zero-order valence-corrected chi connectivity index (χ0v) is 19.2. The second kappa shape index (κ2) is 10.8. The Morgan fingerprint density at radius 2 is 1.84 bits per heavy atom. The molecule has 6 nitrogen and oxygen atoms in total. The highest BCUT2D eigenvalue weighted by Gasteiger charge is 2.33. The summed E-state index contributed by atoms with van der Waals surface area (Å²) < 4.78 is 32.6. The van der Waals surface area contributed by atoms with Crippen molar-refractivity contribution in [2.75, 3.05) is 33.0 Å². The van der Waals surface area contributed by atoms with Gasteiger partial charge in [-0.3, -0.25) is 4.79 Å². The average Bonchev–Trinajstić information content (AvgIpc) is 2.79. The van der Waals surface area contributed by atoms with Crippen molar-refractivity contribution in [3.05, 3.63) is 65.7 Å². The van der Waals surface area contributed by atoms with Gasteiger partial charge in [-0.15, -0.1) is 0 Å². The zero-order chi connectivity index (χ0) is 22.3. The second-order valence-electron chi connectivity index (χ2n) is 8.11. The molecule has 0 spiro atoms. The van der Waals surface area contributed by atoms with E-state index in [1.165, 1.54) is 4.31 Å². The van der Waals surface area contributed by atoms with Crippen LogP contribution in [0.4, 0.5) is 0 Å². The summed E-state index contributed by atoms with van der Waals surface area (Å²) in [6.45, 7) is 1.19. The predicted octanol–water partition coefficient (Wildman–Crippen LogP) is 3.33. The molecule has 0 aliphatic carbocycles. The summed E-state index contributed by atoms with van der Waals surface area (Å²) in [7, 11) is 0.00679. The van der Waals surface area contributed by atoms with Gasteiger partial charge in [0.2, 0.25) is 15.9 Å². The highest BCUT2D eigenvalue weighted by Crippen LogP contribution is 2.24. The maximum Gasteiger partial charge on any atom is 0.227 e. The molecular weight excluding hydrogens is 412 g/mol. The molecule has 168 valence electrons. The molecule has 1 atom stereocenters. The first kappa shape index (κ1) is 23.3. The quantitative estimate of drug-likeness (QED) is 0.595. The topological polar surface area (TPSA) is 66.9 Å². The van der Waals surface area contributed by atoms with Gasteiger partial charge < -0.3 is 9.64 Å². The second-order valence-corrected chi connectivity index (χ2v) is 10.2. The number of amides is 1. The molecular formula is C24H32N2O4S. The highest BCUT2D eigenvalue weighted by atomic mass is 32.2. The lowest BCUT2D eigenvalue weighted by atomic mass is 9.98. The minimum Gasteiger partial charge on any atom is -0.496 e. The van der Waals surface area contributed by atoms with Crippen molar-refractivity contribution in [2.45, 2.75) is 32.2 Å². The van der Waals surface area contributed by atoms with Crippen molar-refractivity contribution in [3.63, 3.8) is 0 Å². The molecule has 1 saturated heterocycles. The third-order valence-corrected chi connectivity index (χ3v) is 7.74. The monoisotopic (exact) mass is 444 g/mol. The van der Waals surface area contributed by atoms with Gasteiger partial charge >= 0.3 is 0 Å². The van der Waals surface area contributed by atoms with Crippen molar-refractivity contribution in [1.29, 1.82) is 0 Å². The first-order valence-electron chi connectivity index (χ1n) is 10.8. The van der Waals surface area contributed by atoms with Gasteiger partial charge in [0.15, 0.2) is 0 Å². The third kappa shape index (κ3) is 6.31. The summed E-state index contributed by atoms with van der Waals surface area (Å²) >= 11 is 0. The van der Waals surface area contributed by atoms with E-state index in [9.17, 15) is 13.2 Å². The van der Waals surface area contributed by atoms with E-state index in [0.717, 1.165) is 23.3 Å². The lowest BCUT2D eigenvalue weighted by Crippen LogP contribution is -2.46. The summed E-state index contributed by atoms with van der Waals surface area (Å²) in [5.74, 6) is 0.528. The third-order valence-electron chi connectivity index (χ3n) is 5.81. The molecule has 31 heavy (non-hydrogen) atoms. The molecule has 0 saturated carbocycles. The van der Waals surface area contributed by atoms with Gasteiger partial charge in [0, 0.05) is 32.2 Å². The van der Waals surface area contributed by atoms with Crippen molar-refractivity contribution in [3.8, 4) is 5.75 Å². The number of hydrogen-bond acceptors (Lipinski definition) is 4. The van der Waals surface area contributed by atoms with Crippen molar-refractivity contribution in [2.24, 2.45) is 5.92 Å². The smallest absolute Gasteiger partial charge is 0.227 e. The normalized spacial score (nSPS) is 17.3. The Morgan fingerprint density at radius 1 is 1.13 bits per heavy atom. The number of piperidine rings is 1. The standard InChI is InChI=1S/C24H32N2O4S/c1-25(18-21-13-6-7-15-23(21)30-2)24(27)22-14-8-16-26(19-22)31(28,29)17-9-12-20-10-4-3-5-11-20/h3-7,10-11,13,15,22H,8-9,12,14,16-19H2,1-2H3/t22-/m0/s1. The van der Waals surface area contributed by atoms with Gasteiger partial charge in [0.05, 0.1) is 18.8 Å². The van der Waals surface area contributed by atoms with Crippen molar-refractivity contribution >= 4 is 15.9 Å². The molecule has 0 radical (unpaired) electrons. The molecule has 0 bridgehead atoms. The van der Waals surface area contributed by atoms with Gasteiger partial charge in [0.25, 0.3) is 0 Å². The molecule has 1 heterocycles. The number of para-hydroxylation sites is 1. The number of sulfonamides is 1. The Kier molecular flexibility index (Phi) is 8.09. The van der Waals surface area contributed by atoms with Crippen LogP contribution in [0.25, 0.3) is 0 Å². The zero-order valence-electron chi connectivity index (χ0n) is 18.4. The number of methoxy groups -OCH3 is 1. The van der Waals surface area contributed by atoms with Crippen LogP contribution in [0.3, 0.4) is 0 Å². The molecule has 3 rings (SSSR count). The van der Waals surface area contributed by atoms with Crippen LogP contribution in [0.2, 0.25) is 0 Å². The molecule has 0 unspecified atom stereocenters. The van der Waals surface area contributed by atoms with Gasteiger partial charge in [-0.25, -0.2) is 12.7 Å². The average molecular weight is 445 g/mol. The van der Waals surface area contributed by atoms with Crippen LogP contribution in [-0.2, 0) is 27.8 Å². The number of carbonyl (C=O) groups excluding carboxylic acids is 1. The van der Waals surface area contributed by atoms with Crippen LogP contribution in [0.5, 0.6) is 5.75 Å². The Morgan fingerprint density at radius 3 is 2.58 bits per heavy atom. The number of ether oxygens (including phenoxy) is 1. The summed E-state index contributed by atoms with van der Waals surface area (Å²) in [4.78, 5) is 14.7. The number of carbonyl (C=O) groups is 1. The van der Waals surface area contributed by atoms with Crippen LogP contribution in [-0.4, -0.2) is 56.5 Å². The number of rotatable bonds is 9. The molecule has 7 heteroatoms. The number of benzene rings is 2. The molecule has 1 fully saturated rings. The highest BCUT2D eigenvalue weighted by molar-refractivity contribution is 7.89. The van der Waals surface area contributed by atoms with E-state index in [-0.39, 0.29) is 24.1 Å². The lowest BCUT2D eigenvalue weighted by molar-refractivity contribution is -0.135. The van der Waals surface area contributed by atoms with Gasteiger partial charge in [-0.2, -0.15) is 0 Å². The summed E-state index contributed by atoms with van der Waals surface area (Å²) in [5, 5.41) is 0. The fourth-order valence-electron chi connectivity index (χ4n) is 4.11. The van der Waals surface area contributed by atoms with E-state index in [2.05, 4.69) is 0 Å².